The largest absolute Gasteiger partial charge is 0.494 e. The number of anilines is 1. The maximum atomic E-state index is 11.9. The number of hydrogen-bond donors (Lipinski definition) is 1. The quantitative estimate of drug-likeness (QED) is 0.919. The van der Waals surface area contributed by atoms with Crippen molar-refractivity contribution in [3.05, 3.63) is 30.0 Å². The van der Waals surface area contributed by atoms with Crippen molar-refractivity contribution in [1.29, 1.82) is 0 Å². The maximum Gasteiger partial charge on any atom is 0.250 e. The minimum Gasteiger partial charge on any atom is -0.494 e. The van der Waals surface area contributed by atoms with Crippen LogP contribution in [0.4, 0.5) is 5.69 Å². The van der Waals surface area contributed by atoms with Crippen molar-refractivity contribution in [3.63, 3.8) is 0 Å². The van der Waals surface area contributed by atoms with Crippen molar-refractivity contribution in [2.75, 3.05) is 19.0 Å². The van der Waals surface area contributed by atoms with Gasteiger partial charge < -0.3 is 14.8 Å². The number of rotatable bonds is 5. The first-order chi connectivity index (χ1) is 10.0. The summed E-state index contributed by atoms with van der Waals surface area (Å²) in [5, 5.41) is 3.72. The number of hydrogen-bond acceptors (Lipinski definition) is 4. The lowest BCUT2D eigenvalue weighted by molar-refractivity contribution is -0.121. The molecule has 1 aromatic heterocycles. The van der Waals surface area contributed by atoms with Crippen LogP contribution in [0.5, 0.6) is 5.75 Å². The second kappa shape index (κ2) is 6.54. The summed E-state index contributed by atoms with van der Waals surface area (Å²) >= 11 is 0. The van der Waals surface area contributed by atoms with E-state index in [9.17, 15) is 4.79 Å². The van der Waals surface area contributed by atoms with Gasteiger partial charge in [0.15, 0.2) is 0 Å². The highest BCUT2D eigenvalue weighted by Crippen LogP contribution is 2.29. The van der Waals surface area contributed by atoms with E-state index < -0.39 is 0 Å². The van der Waals surface area contributed by atoms with Gasteiger partial charge >= 0.3 is 0 Å². The monoisotopic (exact) mass is 288 g/mol. The van der Waals surface area contributed by atoms with E-state index >= 15 is 0 Å². The van der Waals surface area contributed by atoms with E-state index in [1.54, 1.807) is 7.11 Å². The van der Waals surface area contributed by atoms with E-state index in [1.807, 2.05) is 45.0 Å². The van der Waals surface area contributed by atoms with Gasteiger partial charge in [0.05, 0.1) is 18.9 Å². The Kier molecular flexibility index (Phi) is 4.75. The van der Waals surface area contributed by atoms with E-state index in [-0.39, 0.29) is 18.6 Å². The molecular formula is C16H20N2O3. The molecule has 1 N–H and O–H groups in total. The molecule has 0 spiro atoms. The van der Waals surface area contributed by atoms with E-state index in [4.69, 9.17) is 9.47 Å². The van der Waals surface area contributed by atoms with Crippen molar-refractivity contribution < 1.29 is 14.3 Å². The third-order valence-electron chi connectivity index (χ3n) is 2.97. The number of nitrogens with zero attached hydrogens (tertiary/aromatic N) is 1. The van der Waals surface area contributed by atoms with Gasteiger partial charge in [-0.05, 0) is 32.9 Å². The van der Waals surface area contributed by atoms with Gasteiger partial charge in [0, 0.05) is 11.1 Å². The first-order valence-corrected chi connectivity index (χ1v) is 6.87. The molecule has 0 aliphatic rings. The Balaban J connectivity index is 2.33. The van der Waals surface area contributed by atoms with Crippen LogP contribution in [0, 0.1) is 6.92 Å². The van der Waals surface area contributed by atoms with Gasteiger partial charge in [0.2, 0.25) is 5.91 Å². The van der Waals surface area contributed by atoms with Gasteiger partial charge in [-0.3, -0.25) is 4.79 Å². The first kappa shape index (κ1) is 15.3. The molecule has 5 heteroatoms. The molecule has 2 aromatic rings. The molecule has 0 fully saturated rings. The number of amides is 1. The fourth-order valence-corrected chi connectivity index (χ4v) is 2.05. The minimum absolute atomic E-state index is 0.0202. The first-order valence-electron chi connectivity index (χ1n) is 6.87. The molecule has 21 heavy (non-hydrogen) atoms. The highest BCUT2D eigenvalue weighted by Gasteiger charge is 2.11. The summed E-state index contributed by atoms with van der Waals surface area (Å²) in [7, 11) is 1.60. The summed E-state index contributed by atoms with van der Waals surface area (Å²) in [6.07, 6.45) is 0.0202. The number of fused-ring (bicyclic) bond motifs is 1. The summed E-state index contributed by atoms with van der Waals surface area (Å²) in [4.78, 5) is 16.4. The topological polar surface area (TPSA) is 60.5 Å². The van der Waals surface area contributed by atoms with Crippen molar-refractivity contribution in [2.45, 2.75) is 26.9 Å². The molecule has 0 atom stereocenters. The zero-order valence-electron chi connectivity index (χ0n) is 12.8. The molecule has 112 valence electrons. The van der Waals surface area contributed by atoms with Gasteiger partial charge in [0.25, 0.3) is 0 Å². The minimum atomic E-state index is -0.182. The van der Waals surface area contributed by atoms with Crippen LogP contribution in [0.15, 0.2) is 24.3 Å². The van der Waals surface area contributed by atoms with Gasteiger partial charge in [-0.15, -0.1) is 0 Å². The summed E-state index contributed by atoms with van der Waals surface area (Å²) in [6, 6.07) is 7.47. The highest BCUT2D eigenvalue weighted by molar-refractivity contribution is 6.03. The Morgan fingerprint density at radius 2 is 2.14 bits per heavy atom. The number of para-hydroxylation sites is 1. The molecule has 0 unspecified atom stereocenters. The van der Waals surface area contributed by atoms with Crippen LogP contribution in [-0.4, -0.2) is 30.7 Å². The number of aryl methyl sites for hydroxylation is 1. The van der Waals surface area contributed by atoms with Crippen molar-refractivity contribution in [2.24, 2.45) is 0 Å². The third-order valence-corrected chi connectivity index (χ3v) is 2.97. The molecule has 2 rings (SSSR count). The molecule has 1 amide bonds. The summed E-state index contributed by atoms with van der Waals surface area (Å²) in [5.41, 5.74) is 2.26. The molecule has 0 bridgehead atoms. The summed E-state index contributed by atoms with van der Waals surface area (Å²) < 4.78 is 10.6. The number of carbonyl (C=O) groups is 1. The third kappa shape index (κ3) is 3.70. The van der Waals surface area contributed by atoms with Crippen LogP contribution in [-0.2, 0) is 9.53 Å². The highest BCUT2D eigenvalue weighted by atomic mass is 16.5. The van der Waals surface area contributed by atoms with Crippen LogP contribution < -0.4 is 10.1 Å². The average Bonchev–Trinajstić information content (AvgIpc) is 2.44. The number of pyridine rings is 1. The summed E-state index contributed by atoms with van der Waals surface area (Å²) in [5.74, 6) is 0.503. The summed E-state index contributed by atoms with van der Waals surface area (Å²) in [6.45, 7) is 5.70. The zero-order valence-corrected chi connectivity index (χ0v) is 12.8. The van der Waals surface area contributed by atoms with Gasteiger partial charge in [-0.1, -0.05) is 12.1 Å². The molecule has 0 aliphatic carbocycles. The molecule has 0 saturated carbocycles. The Bertz CT molecular complexity index is 653. The molecule has 0 radical (unpaired) electrons. The van der Waals surface area contributed by atoms with Crippen molar-refractivity contribution in [1.82, 2.24) is 4.98 Å². The molecule has 1 aromatic carbocycles. The Hall–Kier alpha value is -2.14. The normalized spacial score (nSPS) is 10.9. The molecule has 5 nitrogen and oxygen atoms in total. The molecule has 0 saturated heterocycles. The van der Waals surface area contributed by atoms with E-state index in [0.717, 1.165) is 16.6 Å². The van der Waals surface area contributed by atoms with E-state index in [0.29, 0.717) is 11.4 Å². The second-order valence-corrected chi connectivity index (χ2v) is 5.08. The lowest BCUT2D eigenvalue weighted by Crippen LogP contribution is -2.21. The van der Waals surface area contributed by atoms with Gasteiger partial charge in [-0.2, -0.15) is 0 Å². The number of ether oxygens (including phenoxy) is 2. The number of carbonyl (C=O) groups excluding carboxylic acids is 1. The van der Waals surface area contributed by atoms with Crippen LogP contribution in [0.25, 0.3) is 10.9 Å². The lowest BCUT2D eigenvalue weighted by atomic mass is 10.1. The Morgan fingerprint density at radius 1 is 1.38 bits per heavy atom. The van der Waals surface area contributed by atoms with Crippen molar-refractivity contribution >= 4 is 22.5 Å². The molecule has 1 heterocycles. The fraction of sp³-hybridized carbons (Fsp3) is 0.375. The van der Waals surface area contributed by atoms with Crippen LogP contribution in [0.2, 0.25) is 0 Å². The number of methoxy groups -OCH3 is 1. The molecule has 0 aliphatic heterocycles. The fourth-order valence-electron chi connectivity index (χ4n) is 2.05. The van der Waals surface area contributed by atoms with E-state index in [2.05, 4.69) is 10.3 Å². The van der Waals surface area contributed by atoms with Gasteiger partial charge in [-0.25, -0.2) is 4.98 Å². The Labute approximate surface area is 124 Å². The lowest BCUT2D eigenvalue weighted by Gasteiger charge is -2.12. The number of aromatic nitrogens is 1. The van der Waals surface area contributed by atoms with Crippen LogP contribution in [0.1, 0.15) is 19.5 Å². The maximum absolute atomic E-state index is 11.9. The zero-order chi connectivity index (χ0) is 15.4. The smallest absolute Gasteiger partial charge is 0.250 e. The van der Waals surface area contributed by atoms with Crippen LogP contribution in [0.3, 0.4) is 0 Å². The van der Waals surface area contributed by atoms with Gasteiger partial charge in [0.1, 0.15) is 17.9 Å². The number of benzene rings is 1. The SMILES string of the molecule is COc1cccc2c(NC(=O)COC(C)C)cc(C)nc12. The second-order valence-electron chi connectivity index (χ2n) is 5.08. The molecular weight excluding hydrogens is 268 g/mol. The predicted molar refractivity (Wildman–Crippen MR) is 82.7 cm³/mol. The number of nitrogens with one attached hydrogen (secondary N) is 1. The predicted octanol–water partition coefficient (Wildman–Crippen LogP) is 2.92. The standard InChI is InChI=1S/C16H20N2O3/c1-10(2)21-9-15(19)18-13-8-11(3)17-16-12(13)6-5-7-14(16)20-4/h5-8,10H,9H2,1-4H3,(H,17,18,19). The van der Waals surface area contributed by atoms with Crippen molar-refractivity contribution in [3.8, 4) is 5.75 Å². The van der Waals surface area contributed by atoms with Crippen LogP contribution >= 0.6 is 0 Å². The Morgan fingerprint density at radius 3 is 2.81 bits per heavy atom. The van der Waals surface area contributed by atoms with E-state index in [1.165, 1.54) is 0 Å². The average molecular weight is 288 g/mol.